The molecule has 0 aliphatic carbocycles. The molecular formula is C12H23ClN4O2. The molecule has 0 amide bonds. The van der Waals surface area contributed by atoms with Crippen LogP contribution in [0.15, 0.2) is 4.52 Å². The smallest absolute Gasteiger partial charge is 0.240 e. The van der Waals surface area contributed by atoms with Crippen molar-refractivity contribution < 1.29 is 9.26 Å². The quantitative estimate of drug-likeness (QED) is 0.900. The lowest BCUT2D eigenvalue weighted by Crippen LogP contribution is -2.41. The van der Waals surface area contributed by atoms with Gasteiger partial charge in [-0.15, -0.1) is 12.4 Å². The van der Waals surface area contributed by atoms with Gasteiger partial charge < -0.3 is 15.0 Å². The van der Waals surface area contributed by atoms with Crippen LogP contribution in [0.3, 0.4) is 0 Å². The Kier molecular flexibility index (Phi) is 5.73. The third-order valence-electron chi connectivity index (χ3n) is 3.08. The van der Waals surface area contributed by atoms with Gasteiger partial charge in [-0.1, -0.05) is 12.1 Å². The van der Waals surface area contributed by atoms with Gasteiger partial charge in [-0.25, -0.2) is 0 Å². The number of halogens is 1. The summed E-state index contributed by atoms with van der Waals surface area (Å²) in [5, 5.41) is 3.92. The van der Waals surface area contributed by atoms with Crippen LogP contribution in [-0.2, 0) is 16.8 Å². The predicted octanol–water partition coefficient (Wildman–Crippen LogP) is 1.30. The summed E-state index contributed by atoms with van der Waals surface area (Å²) in [6.45, 7) is 9.12. The number of morpholine rings is 1. The Labute approximate surface area is 120 Å². The van der Waals surface area contributed by atoms with Crippen molar-refractivity contribution in [2.45, 2.75) is 45.4 Å². The van der Waals surface area contributed by atoms with Crippen molar-refractivity contribution in [1.82, 2.24) is 15.0 Å². The summed E-state index contributed by atoms with van der Waals surface area (Å²) in [6.07, 6.45) is 1.34. The molecule has 1 aliphatic rings. The van der Waals surface area contributed by atoms with Crippen LogP contribution in [0.4, 0.5) is 0 Å². The molecule has 2 heterocycles. The second kappa shape index (κ2) is 6.65. The summed E-state index contributed by atoms with van der Waals surface area (Å²) >= 11 is 0. The van der Waals surface area contributed by atoms with Crippen LogP contribution in [0.2, 0.25) is 0 Å². The van der Waals surface area contributed by atoms with Gasteiger partial charge >= 0.3 is 0 Å². The number of hydrogen-bond donors (Lipinski definition) is 1. The van der Waals surface area contributed by atoms with E-state index < -0.39 is 5.54 Å². The SMILES string of the molecule is CCC1CN(Cc2nc(C(C)(C)N)no2)CCO1.Cl. The van der Waals surface area contributed by atoms with E-state index >= 15 is 0 Å². The highest BCUT2D eigenvalue weighted by Crippen LogP contribution is 2.15. The minimum absolute atomic E-state index is 0. The van der Waals surface area contributed by atoms with E-state index in [1.165, 1.54) is 0 Å². The minimum atomic E-state index is -0.557. The van der Waals surface area contributed by atoms with Crippen LogP contribution in [0.25, 0.3) is 0 Å². The van der Waals surface area contributed by atoms with Crippen molar-refractivity contribution in [1.29, 1.82) is 0 Å². The average Bonchev–Trinajstić information content (AvgIpc) is 2.77. The number of rotatable bonds is 4. The van der Waals surface area contributed by atoms with Crippen LogP contribution < -0.4 is 5.73 Å². The summed E-state index contributed by atoms with van der Waals surface area (Å²) in [5.74, 6) is 1.18. The molecule has 1 fully saturated rings. The van der Waals surface area contributed by atoms with Crippen LogP contribution in [0.1, 0.15) is 38.9 Å². The molecule has 1 unspecified atom stereocenters. The Hall–Kier alpha value is -0.690. The number of hydrogen-bond acceptors (Lipinski definition) is 6. The molecule has 2 rings (SSSR count). The summed E-state index contributed by atoms with van der Waals surface area (Å²) < 4.78 is 10.9. The highest BCUT2D eigenvalue weighted by molar-refractivity contribution is 5.85. The summed E-state index contributed by atoms with van der Waals surface area (Å²) in [7, 11) is 0. The standard InChI is InChI=1S/C12H22N4O2.ClH/c1-4-9-7-16(5-6-17-9)8-10-14-11(15-18-10)12(2,3)13;/h9H,4-8,13H2,1-3H3;1H. The van der Waals surface area contributed by atoms with Gasteiger partial charge in [0, 0.05) is 13.1 Å². The maximum Gasteiger partial charge on any atom is 0.240 e. The predicted molar refractivity (Wildman–Crippen MR) is 74.1 cm³/mol. The fraction of sp³-hybridized carbons (Fsp3) is 0.833. The van der Waals surface area contributed by atoms with Crippen molar-refractivity contribution >= 4 is 12.4 Å². The molecule has 1 aliphatic heterocycles. The number of nitrogens with two attached hydrogens (primary N) is 1. The molecule has 0 aromatic carbocycles. The molecule has 2 N–H and O–H groups in total. The Bertz CT molecular complexity index is 391. The van der Waals surface area contributed by atoms with E-state index in [9.17, 15) is 0 Å². The highest BCUT2D eigenvalue weighted by Gasteiger charge is 2.24. The molecule has 1 aromatic heterocycles. The zero-order valence-electron chi connectivity index (χ0n) is 11.8. The van der Waals surface area contributed by atoms with Gasteiger partial charge in [0.1, 0.15) is 0 Å². The van der Waals surface area contributed by atoms with E-state index in [0.717, 1.165) is 26.1 Å². The maximum absolute atomic E-state index is 5.93. The number of aromatic nitrogens is 2. The van der Waals surface area contributed by atoms with Gasteiger partial charge in [0.15, 0.2) is 5.82 Å². The van der Waals surface area contributed by atoms with Crippen LogP contribution in [0.5, 0.6) is 0 Å². The number of ether oxygens (including phenoxy) is 1. The van der Waals surface area contributed by atoms with Crippen LogP contribution in [0, 0.1) is 0 Å². The van der Waals surface area contributed by atoms with Crippen molar-refractivity contribution in [2.75, 3.05) is 19.7 Å². The van der Waals surface area contributed by atoms with Crippen molar-refractivity contribution in [2.24, 2.45) is 5.73 Å². The third-order valence-corrected chi connectivity index (χ3v) is 3.08. The molecule has 0 spiro atoms. The van der Waals surface area contributed by atoms with Gasteiger partial charge in [-0.3, -0.25) is 4.90 Å². The first kappa shape index (κ1) is 16.4. The molecule has 110 valence electrons. The van der Waals surface area contributed by atoms with Crippen molar-refractivity contribution in [3.05, 3.63) is 11.7 Å². The lowest BCUT2D eigenvalue weighted by Gasteiger charge is -2.31. The van der Waals surface area contributed by atoms with Crippen LogP contribution in [-0.4, -0.2) is 40.8 Å². The maximum atomic E-state index is 5.93. The largest absolute Gasteiger partial charge is 0.376 e. The van der Waals surface area contributed by atoms with E-state index in [1.54, 1.807) is 0 Å². The molecule has 6 nitrogen and oxygen atoms in total. The van der Waals surface area contributed by atoms with Gasteiger partial charge in [0.05, 0.1) is 24.8 Å². The molecule has 0 saturated carbocycles. The molecule has 0 bridgehead atoms. The van der Waals surface area contributed by atoms with E-state index in [4.69, 9.17) is 15.0 Å². The fourth-order valence-electron chi connectivity index (χ4n) is 1.94. The molecule has 1 saturated heterocycles. The first-order valence-electron chi connectivity index (χ1n) is 6.45. The van der Waals surface area contributed by atoms with E-state index in [2.05, 4.69) is 22.0 Å². The molecule has 0 radical (unpaired) electrons. The molecule has 19 heavy (non-hydrogen) atoms. The van der Waals surface area contributed by atoms with Gasteiger partial charge in [-0.05, 0) is 20.3 Å². The van der Waals surface area contributed by atoms with E-state index in [0.29, 0.717) is 24.4 Å². The van der Waals surface area contributed by atoms with Crippen molar-refractivity contribution in [3.63, 3.8) is 0 Å². The Balaban J connectivity index is 0.00000180. The van der Waals surface area contributed by atoms with Gasteiger partial charge in [0.25, 0.3) is 0 Å². The Morgan fingerprint density at radius 2 is 2.21 bits per heavy atom. The average molecular weight is 291 g/mol. The normalized spacial score (nSPS) is 21.2. The lowest BCUT2D eigenvalue weighted by molar-refractivity contribution is -0.0350. The summed E-state index contributed by atoms with van der Waals surface area (Å²) in [4.78, 5) is 6.62. The topological polar surface area (TPSA) is 77.4 Å². The monoisotopic (exact) mass is 290 g/mol. The Morgan fingerprint density at radius 3 is 2.79 bits per heavy atom. The second-order valence-corrected chi connectivity index (χ2v) is 5.37. The molecule has 1 atom stereocenters. The van der Waals surface area contributed by atoms with Gasteiger partial charge in [-0.2, -0.15) is 4.98 Å². The first-order valence-corrected chi connectivity index (χ1v) is 6.45. The number of nitrogens with zero attached hydrogens (tertiary/aromatic N) is 3. The third kappa shape index (κ3) is 4.42. The molecular weight excluding hydrogens is 268 g/mol. The van der Waals surface area contributed by atoms with E-state index in [-0.39, 0.29) is 12.4 Å². The van der Waals surface area contributed by atoms with Crippen molar-refractivity contribution in [3.8, 4) is 0 Å². The zero-order valence-corrected chi connectivity index (χ0v) is 12.6. The Morgan fingerprint density at radius 1 is 1.47 bits per heavy atom. The highest BCUT2D eigenvalue weighted by atomic mass is 35.5. The first-order chi connectivity index (χ1) is 8.49. The summed E-state index contributed by atoms with van der Waals surface area (Å²) in [5.41, 5.74) is 5.37. The van der Waals surface area contributed by atoms with Crippen LogP contribution >= 0.6 is 12.4 Å². The lowest BCUT2D eigenvalue weighted by atomic mass is 10.1. The summed E-state index contributed by atoms with van der Waals surface area (Å²) in [6, 6.07) is 0. The zero-order chi connectivity index (χ0) is 13.2. The molecule has 7 heteroatoms. The molecule has 1 aromatic rings. The fourth-order valence-corrected chi connectivity index (χ4v) is 1.94. The van der Waals surface area contributed by atoms with Gasteiger partial charge in [0.2, 0.25) is 5.89 Å². The van der Waals surface area contributed by atoms with E-state index in [1.807, 2.05) is 13.8 Å². The minimum Gasteiger partial charge on any atom is -0.376 e. The second-order valence-electron chi connectivity index (χ2n) is 5.37.